The molecule has 1 aromatic heterocycles. The fourth-order valence-electron chi connectivity index (χ4n) is 3.09. The first-order valence-electron chi connectivity index (χ1n) is 7.81. The van der Waals surface area contributed by atoms with Gasteiger partial charge in [0, 0.05) is 12.1 Å². The van der Waals surface area contributed by atoms with Crippen molar-refractivity contribution in [3.05, 3.63) is 53.6 Å². The molecule has 0 unspecified atom stereocenters. The minimum atomic E-state index is 0.659. The highest BCUT2D eigenvalue weighted by atomic mass is 15.1. The van der Waals surface area contributed by atoms with E-state index in [2.05, 4.69) is 41.8 Å². The summed E-state index contributed by atoms with van der Waals surface area (Å²) in [6.45, 7) is 3.00. The predicted octanol–water partition coefficient (Wildman–Crippen LogP) is 4.47. The second kappa shape index (κ2) is 4.99. The number of rotatable bonds is 3. The molecule has 0 amide bonds. The number of hydrogen-bond acceptors (Lipinski definition) is 2. The molecule has 0 bridgehead atoms. The third kappa shape index (κ3) is 2.08. The van der Waals surface area contributed by atoms with Crippen molar-refractivity contribution < 1.29 is 0 Å². The number of aryl methyl sites for hydroxylation is 1. The van der Waals surface area contributed by atoms with E-state index in [0.717, 1.165) is 29.3 Å². The summed E-state index contributed by atoms with van der Waals surface area (Å²) in [6, 6.07) is 16.7. The average Bonchev–Trinajstić information content (AvgIpc) is 3.35. The Labute approximate surface area is 129 Å². The molecule has 0 N–H and O–H groups in total. The van der Waals surface area contributed by atoms with Crippen LogP contribution in [-0.4, -0.2) is 9.55 Å². The van der Waals surface area contributed by atoms with Gasteiger partial charge in [0.25, 0.3) is 0 Å². The molecule has 3 aromatic rings. The summed E-state index contributed by atoms with van der Waals surface area (Å²) < 4.78 is 2.22. The number of imidazole rings is 1. The Balaban J connectivity index is 1.90. The summed E-state index contributed by atoms with van der Waals surface area (Å²) in [5, 5.41) is 9.07. The number of fused-ring (bicyclic) bond motifs is 1. The summed E-state index contributed by atoms with van der Waals surface area (Å²) in [4.78, 5) is 4.80. The third-order valence-electron chi connectivity index (χ3n) is 4.39. The van der Waals surface area contributed by atoms with Crippen LogP contribution in [0.5, 0.6) is 0 Å². The van der Waals surface area contributed by atoms with E-state index >= 15 is 0 Å². The zero-order chi connectivity index (χ0) is 15.1. The summed E-state index contributed by atoms with van der Waals surface area (Å²) in [6.07, 6.45) is 2.61. The lowest BCUT2D eigenvalue weighted by molar-refractivity contribution is 0.796. The van der Waals surface area contributed by atoms with Crippen LogP contribution in [0.25, 0.3) is 22.4 Å². The number of nitriles is 1. The second-order valence-corrected chi connectivity index (χ2v) is 5.89. The first kappa shape index (κ1) is 13.1. The van der Waals surface area contributed by atoms with Gasteiger partial charge in [0.05, 0.1) is 22.7 Å². The van der Waals surface area contributed by atoms with Crippen LogP contribution < -0.4 is 0 Å². The molecular weight excluding hydrogens is 270 g/mol. The molecule has 1 saturated carbocycles. The molecule has 0 saturated heterocycles. The number of hydrogen-bond donors (Lipinski definition) is 0. The third-order valence-corrected chi connectivity index (χ3v) is 4.39. The molecule has 0 atom stereocenters. The van der Waals surface area contributed by atoms with E-state index in [-0.39, 0.29) is 0 Å². The van der Waals surface area contributed by atoms with Crippen LogP contribution in [0.4, 0.5) is 0 Å². The molecule has 3 nitrogen and oxygen atoms in total. The SMILES string of the molecule is CCn1c(-c2cccc(C3CC3)c2)nc2cc(C#N)ccc21. The Morgan fingerprint density at radius 1 is 1.23 bits per heavy atom. The van der Waals surface area contributed by atoms with Gasteiger partial charge in [0.1, 0.15) is 5.82 Å². The number of benzene rings is 2. The monoisotopic (exact) mass is 287 g/mol. The summed E-state index contributed by atoms with van der Waals surface area (Å²) in [5.74, 6) is 1.74. The lowest BCUT2D eigenvalue weighted by Crippen LogP contribution is -1.97. The Kier molecular flexibility index (Phi) is 2.97. The minimum absolute atomic E-state index is 0.659. The normalized spacial score (nSPS) is 14.2. The molecule has 1 aliphatic carbocycles. The summed E-state index contributed by atoms with van der Waals surface area (Å²) in [5.41, 5.74) is 5.23. The van der Waals surface area contributed by atoms with Crippen molar-refractivity contribution in [2.24, 2.45) is 0 Å². The van der Waals surface area contributed by atoms with Crippen LogP contribution in [-0.2, 0) is 6.54 Å². The standard InChI is InChI=1S/C19H17N3/c1-2-22-18-9-6-13(12-20)10-17(18)21-19(22)16-5-3-4-15(11-16)14-7-8-14/h3-6,9-11,14H,2,7-8H2,1H3. The van der Waals surface area contributed by atoms with Gasteiger partial charge in [-0.15, -0.1) is 0 Å². The maximum absolute atomic E-state index is 9.07. The van der Waals surface area contributed by atoms with E-state index in [1.807, 2.05) is 18.2 Å². The largest absolute Gasteiger partial charge is 0.324 e. The number of aromatic nitrogens is 2. The zero-order valence-corrected chi connectivity index (χ0v) is 12.6. The molecule has 0 spiro atoms. The highest BCUT2D eigenvalue weighted by molar-refractivity contribution is 5.82. The van der Waals surface area contributed by atoms with E-state index in [4.69, 9.17) is 10.2 Å². The van der Waals surface area contributed by atoms with Crippen molar-refractivity contribution in [1.82, 2.24) is 9.55 Å². The van der Waals surface area contributed by atoms with Crippen LogP contribution in [0, 0.1) is 11.3 Å². The predicted molar refractivity (Wildman–Crippen MR) is 87.5 cm³/mol. The van der Waals surface area contributed by atoms with Gasteiger partial charge in [-0.2, -0.15) is 5.26 Å². The average molecular weight is 287 g/mol. The van der Waals surface area contributed by atoms with Crippen LogP contribution >= 0.6 is 0 Å². The van der Waals surface area contributed by atoms with Gasteiger partial charge >= 0.3 is 0 Å². The van der Waals surface area contributed by atoms with E-state index in [1.54, 1.807) is 0 Å². The van der Waals surface area contributed by atoms with E-state index in [1.165, 1.54) is 24.0 Å². The fraction of sp³-hybridized carbons (Fsp3) is 0.263. The smallest absolute Gasteiger partial charge is 0.141 e. The fourth-order valence-corrected chi connectivity index (χ4v) is 3.09. The van der Waals surface area contributed by atoms with Crippen molar-refractivity contribution in [1.29, 1.82) is 5.26 Å². The van der Waals surface area contributed by atoms with Crippen LogP contribution in [0.2, 0.25) is 0 Å². The molecule has 1 aliphatic rings. The molecule has 4 rings (SSSR count). The van der Waals surface area contributed by atoms with E-state index < -0.39 is 0 Å². The van der Waals surface area contributed by atoms with Crippen LogP contribution in [0.15, 0.2) is 42.5 Å². The van der Waals surface area contributed by atoms with Gasteiger partial charge in [-0.25, -0.2) is 4.98 Å². The molecule has 0 aliphatic heterocycles. The number of nitrogens with zero attached hydrogens (tertiary/aromatic N) is 3. The first-order valence-corrected chi connectivity index (χ1v) is 7.81. The van der Waals surface area contributed by atoms with Crippen molar-refractivity contribution in [2.45, 2.75) is 32.2 Å². The molecule has 108 valence electrons. The van der Waals surface area contributed by atoms with Gasteiger partial charge in [-0.3, -0.25) is 0 Å². The lowest BCUT2D eigenvalue weighted by Gasteiger charge is -2.07. The molecule has 1 fully saturated rings. The van der Waals surface area contributed by atoms with Crippen molar-refractivity contribution in [3.8, 4) is 17.5 Å². The van der Waals surface area contributed by atoms with Gasteiger partial charge in [0.2, 0.25) is 0 Å². The lowest BCUT2D eigenvalue weighted by atomic mass is 10.1. The highest BCUT2D eigenvalue weighted by Gasteiger charge is 2.24. The minimum Gasteiger partial charge on any atom is -0.324 e. The Morgan fingerprint density at radius 3 is 2.82 bits per heavy atom. The van der Waals surface area contributed by atoms with Gasteiger partial charge in [-0.1, -0.05) is 18.2 Å². The molecule has 3 heteroatoms. The maximum Gasteiger partial charge on any atom is 0.141 e. The molecule has 0 radical (unpaired) electrons. The summed E-state index contributed by atoms with van der Waals surface area (Å²) in [7, 11) is 0. The van der Waals surface area contributed by atoms with Crippen molar-refractivity contribution >= 4 is 11.0 Å². The second-order valence-electron chi connectivity index (χ2n) is 5.89. The molecule has 2 aromatic carbocycles. The molecular formula is C19H17N3. The first-order chi connectivity index (χ1) is 10.8. The molecule has 1 heterocycles. The topological polar surface area (TPSA) is 41.6 Å². The Morgan fingerprint density at radius 2 is 2.09 bits per heavy atom. The highest BCUT2D eigenvalue weighted by Crippen LogP contribution is 2.41. The maximum atomic E-state index is 9.07. The van der Waals surface area contributed by atoms with Gasteiger partial charge < -0.3 is 4.57 Å². The quantitative estimate of drug-likeness (QED) is 0.713. The zero-order valence-electron chi connectivity index (χ0n) is 12.6. The van der Waals surface area contributed by atoms with Crippen LogP contribution in [0.1, 0.15) is 36.8 Å². The van der Waals surface area contributed by atoms with Crippen molar-refractivity contribution in [3.63, 3.8) is 0 Å². The van der Waals surface area contributed by atoms with E-state index in [9.17, 15) is 0 Å². The molecule has 22 heavy (non-hydrogen) atoms. The summed E-state index contributed by atoms with van der Waals surface area (Å²) >= 11 is 0. The van der Waals surface area contributed by atoms with Crippen LogP contribution in [0.3, 0.4) is 0 Å². The van der Waals surface area contributed by atoms with Gasteiger partial charge in [-0.05, 0) is 55.5 Å². The van der Waals surface area contributed by atoms with Gasteiger partial charge in [0.15, 0.2) is 0 Å². The van der Waals surface area contributed by atoms with E-state index in [0.29, 0.717) is 5.56 Å². The Hall–Kier alpha value is -2.60. The Bertz CT molecular complexity index is 895. The van der Waals surface area contributed by atoms with Crippen molar-refractivity contribution in [2.75, 3.05) is 0 Å².